The van der Waals surface area contributed by atoms with Crippen LogP contribution in [0.3, 0.4) is 0 Å². The van der Waals surface area contributed by atoms with Crippen LogP contribution in [0, 0.1) is 0 Å². The number of carbonyl (C=O) groups is 1. The largest absolute Gasteiger partial charge is 0.480 e. The van der Waals surface area contributed by atoms with Crippen molar-refractivity contribution >= 4 is 25.3 Å². The van der Waals surface area contributed by atoms with E-state index in [0.717, 1.165) is 0 Å². The fourth-order valence-electron chi connectivity index (χ4n) is 0.892. The van der Waals surface area contributed by atoms with E-state index in [2.05, 4.69) is 24.3 Å². The molecule has 0 fully saturated rings. The van der Waals surface area contributed by atoms with Gasteiger partial charge in [-0.2, -0.15) is 0 Å². The van der Waals surface area contributed by atoms with E-state index >= 15 is 0 Å². The van der Waals surface area contributed by atoms with Gasteiger partial charge in [-0.15, -0.1) is 12.6 Å². The van der Waals surface area contributed by atoms with Gasteiger partial charge in [-0.3, -0.25) is 14.7 Å². The summed E-state index contributed by atoms with van der Waals surface area (Å²) in [5, 5.41) is 9.13. The van der Waals surface area contributed by atoms with Gasteiger partial charge in [0.2, 0.25) is 0 Å². The molecule has 0 aliphatic rings. The standard InChI is InChI=1S/C8H15N3O2S/c1-10-7(14)5(9)4-6(8(12)13)11(2)3/h6,14H,1,4,9H2,2-3H3,(H,12,13)/b7-5+/t6-/m0/s1. The van der Waals surface area contributed by atoms with Gasteiger partial charge in [-0.05, 0) is 20.8 Å². The van der Waals surface area contributed by atoms with E-state index in [9.17, 15) is 4.79 Å². The Balaban J connectivity index is 4.62. The van der Waals surface area contributed by atoms with E-state index in [-0.39, 0.29) is 11.4 Å². The van der Waals surface area contributed by atoms with Crippen LogP contribution in [0.4, 0.5) is 0 Å². The maximum absolute atomic E-state index is 10.8. The molecule has 3 N–H and O–H groups in total. The van der Waals surface area contributed by atoms with Crippen molar-refractivity contribution < 1.29 is 9.90 Å². The third-order valence-electron chi connectivity index (χ3n) is 1.76. The molecule has 0 aromatic heterocycles. The molecule has 0 aliphatic carbocycles. The number of carboxylic acids is 1. The number of thiol groups is 1. The summed E-state index contributed by atoms with van der Waals surface area (Å²) in [5.74, 6) is -0.928. The quantitative estimate of drug-likeness (QED) is 0.452. The maximum atomic E-state index is 10.8. The zero-order valence-electron chi connectivity index (χ0n) is 8.27. The third-order valence-corrected chi connectivity index (χ3v) is 2.19. The van der Waals surface area contributed by atoms with Crippen LogP contribution in [0.15, 0.2) is 15.7 Å². The van der Waals surface area contributed by atoms with Crippen molar-refractivity contribution in [3.05, 3.63) is 10.7 Å². The van der Waals surface area contributed by atoms with Gasteiger partial charge in [0.05, 0.1) is 0 Å². The topological polar surface area (TPSA) is 78.9 Å². The molecule has 0 aliphatic heterocycles. The van der Waals surface area contributed by atoms with Crippen LogP contribution in [0.1, 0.15) is 6.42 Å². The number of nitrogens with zero attached hydrogens (tertiary/aromatic N) is 2. The minimum atomic E-state index is -0.928. The molecule has 0 aromatic carbocycles. The maximum Gasteiger partial charge on any atom is 0.321 e. The monoisotopic (exact) mass is 217 g/mol. The minimum absolute atomic E-state index is 0.181. The van der Waals surface area contributed by atoms with Crippen molar-refractivity contribution in [2.45, 2.75) is 12.5 Å². The molecule has 0 bridgehead atoms. The molecule has 0 radical (unpaired) electrons. The van der Waals surface area contributed by atoms with E-state index in [1.807, 2.05) is 0 Å². The summed E-state index contributed by atoms with van der Waals surface area (Å²) in [6, 6.07) is -0.668. The van der Waals surface area contributed by atoms with E-state index in [1.54, 1.807) is 19.0 Å². The zero-order chi connectivity index (χ0) is 11.3. The number of hydrogen-bond donors (Lipinski definition) is 3. The van der Waals surface area contributed by atoms with Crippen molar-refractivity contribution in [3.63, 3.8) is 0 Å². The van der Waals surface area contributed by atoms with Crippen LogP contribution < -0.4 is 5.73 Å². The molecular formula is C8H15N3O2S. The normalized spacial score (nSPS) is 14.9. The molecule has 0 aromatic rings. The summed E-state index contributed by atoms with van der Waals surface area (Å²) in [4.78, 5) is 15.9. The Morgan fingerprint density at radius 2 is 2.21 bits per heavy atom. The molecule has 0 heterocycles. The van der Waals surface area contributed by atoms with Gasteiger partial charge >= 0.3 is 5.97 Å². The molecule has 0 amide bonds. The van der Waals surface area contributed by atoms with Gasteiger partial charge in [-0.25, -0.2) is 0 Å². The van der Waals surface area contributed by atoms with Gasteiger partial charge in [0, 0.05) is 12.1 Å². The number of aliphatic imine (C=N–C) groups is 1. The first-order chi connectivity index (χ1) is 6.40. The molecule has 0 rings (SSSR count). The second kappa shape index (κ2) is 5.66. The summed E-state index contributed by atoms with van der Waals surface area (Å²) < 4.78 is 0. The van der Waals surface area contributed by atoms with Crippen LogP contribution in [-0.2, 0) is 4.79 Å². The van der Waals surface area contributed by atoms with Gasteiger partial charge in [0.25, 0.3) is 0 Å². The zero-order valence-corrected chi connectivity index (χ0v) is 9.16. The lowest BCUT2D eigenvalue weighted by atomic mass is 10.1. The molecule has 0 spiro atoms. The second-order valence-electron chi connectivity index (χ2n) is 3.03. The van der Waals surface area contributed by atoms with Crippen molar-refractivity contribution in [3.8, 4) is 0 Å². The number of aliphatic carboxylic acids is 1. The summed E-state index contributed by atoms with van der Waals surface area (Å²) in [6.45, 7) is 3.25. The molecule has 0 saturated carbocycles. The average molecular weight is 217 g/mol. The van der Waals surface area contributed by atoms with Gasteiger partial charge in [0.15, 0.2) is 0 Å². The Bertz CT molecular complexity index is 263. The highest BCUT2D eigenvalue weighted by molar-refractivity contribution is 7.84. The summed E-state index contributed by atoms with van der Waals surface area (Å²) in [6.07, 6.45) is 0.181. The molecule has 80 valence electrons. The molecule has 5 nitrogen and oxygen atoms in total. The van der Waals surface area contributed by atoms with E-state index in [4.69, 9.17) is 10.8 Å². The minimum Gasteiger partial charge on any atom is -0.480 e. The Hall–Kier alpha value is -1.01. The van der Waals surface area contributed by atoms with Crippen LogP contribution in [0.2, 0.25) is 0 Å². The molecule has 0 unspecified atom stereocenters. The smallest absolute Gasteiger partial charge is 0.321 e. The van der Waals surface area contributed by atoms with Gasteiger partial charge in [-0.1, -0.05) is 0 Å². The fraction of sp³-hybridized carbons (Fsp3) is 0.500. The molecule has 0 saturated heterocycles. The average Bonchev–Trinajstić information content (AvgIpc) is 2.11. The molecule has 14 heavy (non-hydrogen) atoms. The van der Waals surface area contributed by atoms with Gasteiger partial charge < -0.3 is 10.8 Å². The van der Waals surface area contributed by atoms with Crippen LogP contribution in [0.5, 0.6) is 0 Å². The predicted molar refractivity (Wildman–Crippen MR) is 59.5 cm³/mol. The van der Waals surface area contributed by atoms with Gasteiger partial charge in [0.1, 0.15) is 11.1 Å². The summed E-state index contributed by atoms with van der Waals surface area (Å²) in [7, 11) is 3.34. The Morgan fingerprint density at radius 3 is 2.50 bits per heavy atom. The first kappa shape index (κ1) is 13.0. The first-order valence-corrected chi connectivity index (χ1v) is 4.38. The fourth-order valence-corrected chi connectivity index (χ4v) is 0.983. The Kier molecular flexibility index (Phi) is 5.26. The highest BCUT2D eigenvalue weighted by Crippen LogP contribution is 2.12. The highest BCUT2D eigenvalue weighted by atomic mass is 32.1. The van der Waals surface area contributed by atoms with E-state index in [0.29, 0.717) is 5.70 Å². The highest BCUT2D eigenvalue weighted by Gasteiger charge is 2.21. The van der Waals surface area contributed by atoms with Crippen LogP contribution >= 0.6 is 12.6 Å². The SMILES string of the molecule is C=N/C(S)=C(\N)C[C@@H](C(=O)O)N(C)C. The third kappa shape index (κ3) is 3.80. The number of carboxylic acid groups (broad SMARTS) is 1. The lowest BCUT2D eigenvalue weighted by Crippen LogP contribution is -2.36. The first-order valence-electron chi connectivity index (χ1n) is 3.93. The Morgan fingerprint density at radius 1 is 1.71 bits per heavy atom. The molecular weight excluding hydrogens is 202 g/mol. The van der Waals surface area contributed by atoms with Crippen molar-refractivity contribution in [1.82, 2.24) is 4.90 Å². The summed E-state index contributed by atoms with van der Waals surface area (Å²) in [5.41, 5.74) is 5.91. The van der Waals surface area contributed by atoms with Crippen molar-refractivity contribution in [2.24, 2.45) is 10.7 Å². The van der Waals surface area contributed by atoms with E-state index in [1.165, 1.54) is 0 Å². The van der Waals surface area contributed by atoms with Crippen molar-refractivity contribution in [2.75, 3.05) is 14.1 Å². The lowest BCUT2D eigenvalue weighted by molar-refractivity contribution is -0.142. The number of hydrogen-bond acceptors (Lipinski definition) is 5. The lowest BCUT2D eigenvalue weighted by Gasteiger charge is -2.20. The molecule has 1 atom stereocenters. The van der Waals surface area contributed by atoms with Crippen molar-refractivity contribution in [1.29, 1.82) is 0 Å². The number of rotatable bonds is 5. The molecule has 6 heteroatoms. The van der Waals surface area contributed by atoms with Crippen LogP contribution in [0.25, 0.3) is 0 Å². The number of nitrogens with two attached hydrogens (primary N) is 1. The van der Waals surface area contributed by atoms with E-state index < -0.39 is 12.0 Å². The summed E-state index contributed by atoms with van der Waals surface area (Å²) >= 11 is 3.95. The van der Waals surface area contributed by atoms with Crippen LogP contribution in [-0.4, -0.2) is 42.8 Å². The second-order valence-corrected chi connectivity index (χ2v) is 3.45. The Labute approximate surface area is 88.7 Å². The predicted octanol–water partition coefficient (Wildman–Crippen LogP) is 0.149. The number of likely N-dealkylation sites (N-methyl/N-ethyl adjacent to an activating group) is 1.